The first kappa shape index (κ1) is 13.6. The molecule has 1 aromatic carbocycles. The second kappa shape index (κ2) is 4.70. The number of sulfonamides is 1. The molecule has 0 aliphatic carbocycles. The summed E-state index contributed by atoms with van der Waals surface area (Å²) in [5.41, 5.74) is 6.55. The Balaban J connectivity index is 2.42. The van der Waals surface area contributed by atoms with Crippen molar-refractivity contribution < 1.29 is 13.5 Å². The highest BCUT2D eigenvalue weighted by atomic mass is 35.5. The number of nitrogen functional groups attached to an aromatic ring is 1. The van der Waals surface area contributed by atoms with E-state index in [1.807, 2.05) is 0 Å². The van der Waals surface area contributed by atoms with Gasteiger partial charge in [-0.3, -0.25) is 0 Å². The first-order chi connectivity index (χ1) is 8.32. The molecule has 1 aromatic rings. The van der Waals surface area contributed by atoms with E-state index in [-0.39, 0.29) is 17.1 Å². The molecule has 5 nitrogen and oxygen atoms in total. The number of aryl methyl sites for hydroxylation is 1. The van der Waals surface area contributed by atoms with Crippen molar-refractivity contribution in [2.75, 3.05) is 18.8 Å². The van der Waals surface area contributed by atoms with Crippen LogP contribution in [0.4, 0.5) is 5.69 Å². The summed E-state index contributed by atoms with van der Waals surface area (Å²) in [5.74, 6) is 0. The van der Waals surface area contributed by atoms with Crippen molar-refractivity contribution in [3.05, 3.63) is 22.7 Å². The molecule has 7 heteroatoms. The van der Waals surface area contributed by atoms with Crippen molar-refractivity contribution in [2.24, 2.45) is 0 Å². The lowest BCUT2D eigenvalue weighted by molar-refractivity contribution is 0.189. The van der Waals surface area contributed by atoms with Gasteiger partial charge in [-0.15, -0.1) is 0 Å². The molecule has 0 unspecified atom stereocenters. The number of aliphatic hydroxyl groups is 1. The van der Waals surface area contributed by atoms with Crippen molar-refractivity contribution >= 4 is 27.3 Å². The van der Waals surface area contributed by atoms with Crippen molar-refractivity contribution in [3.8, 4) is 0 Å². The third-order valence-corrected chi connectivity index (χ3v) is 5.38. The topological polar surface area (TPSA) is 83.6 Å². The average Bonchev–Trinajstić information content (AvgIpc) is 2.72. The number of hydrogen-bond acceptors (Lipinski definition) is 4. The first-order valence-electron chi connectivity index (χ1n) is 5.56. The zero-order chi connectivity index (χ0) is 13.5. The third-order valence-electron chi connectivity index (χ3n) is 3.02. The summed E-state index contributed by atoms with van der Waals surface area (Å²) in [7, 11) is -3.60. The number of nitrogens with zero attached hydrogens (tertiary/aromatic N) is 1. The second-order valence-corrected chi connectivity index (χ2v) is 6.76. The van der Waals surface area contributed by atoms with Crippen molar-refractivity contribution in [3.63, 3.8) is 0 Å². The molecule has 3 N–H and O–H groups in total. The molecule has 1 aliphatic heterocycles. The Hall–Kier alpha value is -0.820. The van der Waals surface area contributed by atoms with Crippen molar-refractivity contribution in [1.82, 2.24) is 4.31 Å². The van der Waals surface area contributed by atoms with E-state index in [9.17, 15) is 13.5 Å². The summed E-state index contributed by atoms with van der Waals surface area (Å²) < 4.78 is 25.9. The number of aliphatic hydroxyl groups excluding tert-OH is 1. The zero-order valence-corrected chi connectivity index (χ0v) is 11.5. The van der Waals surface area contributed by atoms with E-state index in [0.717, 1.165) is 0 Å². The largest absolute Gasteiger partial charge is 0.397 e. The molecular weight excluding hydrogens is 276 g/mol. The van der Waals surface area contributed by atoms with Gasteiger partial charge in [-0.25, -0.2) is 8.42 Å². The van der Waals surface area contributed by atoms with Gasteiger partial charge in [-0.1, -0.05) is 11.6 Å². The van der Waals surface area contributed by atoms with Gasteiger partial charge in [0.05, 0.1) is 21.7 Å². The van der Waals surface area contributed by atoms with E-state index >= 15 is 0 Å². The van der Waals surface area contributed by atoms with Gasteiger partial charge in [0, 0.05) is 13.1 Å². The fraction of sp³-hybridized carbons (Fsp3) is 0.455. The Kier molecular flexibility index (Phi) is 3.55. The van der Waals surface area contributed by atoms with Gasteiger partial charge in [0.25, 0.3) is 0 Å². The zero-order valence-electron chi connectivity index (χ0n) is 9.93. The Morgan fingerprint density at radius 3 is 2.67 bits per heavy atom. The lowest BCUT2D eigenvalue weighted by atomic mass is 10.2. The summed E-state index contributed by atoms with van der Waals surface area (Å²) in [6.45, 7) is 2.16. The van der Waals surface area contributed by atoms with E-state index < -0.39 is 16.1 Å². The van der Waals surface area contributed by atoms with Gasteiger partial charge in [-0.2, -0.15) is 4.31 Å². The maximum absolute atomic E-state index is 12.3. The molecule has 100 valence electrons. The number of hydrogen-bond donors (Lipinski definition) is 2. The summed E-state index contributed by atoms with van der Waals surface area (Å²) in [4.78, 5) is 0.121. The fourth-order valence-corrected chi connectivity index (χ4v) is 3.71. The monoisotopic (exact) mass is 290 g/mol. The molecule has 0 spiro atoms. The van der Waals surface area contributed by atoms with Gasteiger partial charge < -0.3 is 10.8 Å². The number of anilines is 1. The van der Waals surface area contributed by atoms with Crippen LogP contribution in [0.3, 0.4) is 0 Å². The van der Waals surface area contributed by atoms with Crippen LogP contribution in [0, 0.1) is 6.92 Å². The summed E-state index contributed by atoms with van der Waals surface area (Å²) in [6, 6.07) is 2.86. The van der Waals surface area contributed by atoms with Crippen LogP contribution >= 0.6 is 11.6 Å². The lowest BCUT2D eigenvalue weighted by Gasteiger charge is -2.17. The summed E-state index contributed by atoms with van der Waals surface area (Å²) >= 11 is 5.91. The maximum Gasteiger partial charge on any atom is 0.243 e. The number of nitrogens with two attached hydrogens (primary N) is 1. The Bertz CT molecular complexity index is 551. The molecule has 1 saturated heterocycles. The van der Waals surface area contributed by atoms with Gasteiger partial charge in [0.2, 0.25) is 10.0 Å². The van der Waals surface area contributed by atoms with Crippen molar-refractivity contribution in [2.45, 2.75) is 24.3 Å². The van der Waals surface area contributed by atoms with Gasteiger partial charge in [0.1, 0.15) is 0 Å². The molecule has 2 rings (SSSR count). The number of benzene rings is 1. The second-order valence-electron chi connectivity index (χ2n) is 4.45. The molecule has 0 bridgehead atoms. The minimum absolute atomic E-state index is 0.121. The third kappa shape index (κ3) is 2.33. The van der Waals surface area contributed by atoms with Crippen molar-refractivity contribution in [1.29, 1.82) is 0 Å². The van der Waals surface area contributed by atoms with E-state index in [2.05, 4.69) is 0 Å². The normalized spacial score (nSPS) is 21.4. The quantitative estimate of drug-likeness (QED) is 0.796. The summed E-state index contributed by atoms with van der Waals surface area (Å²) in [5, 5.41) is 9.78. The van der Waals surface area contributed by atoms with E-state index in [1.54, 1.807) is 6.92 Å². The number of rotatable bonds is 2. The molecule has 0 amide bonds. The van der Waals surface area contributed by atoms with E-state index in [1.165, 1.54) is 16.4 Å². The SMILES string of the molecule is Cc1cc(S(=O)(=O)N2CC[C@@H](O)C2)cc(N)c1Cl. The number of halogens is 1. The standard InChI is InChI=1S/C11H15ClN2O3S/c1-7-4-9(5-10(13)11(7)12)18(16,17)14-3-2-8(15)6-14/h4-5,8,15H,2-3,6,13H2,1H3/t8-/m1/s1. The molecular formula is C11H15ClN2O3S. The Labute approximate surface area is 111 Å². The average molecular weight is 291 g/mol. The first-order valence-corrected chi connectivity index (χ1v) is 7.38. The maximum atomic E-state index is 12.3. The van der Waals surface area contributed by atoms with E-state index in [0.29, 0.717) is 23.6 Å². The highest BCUT2D eigenvalue weighted by molar-refractivity contribution is 7.89. The van der Waals surface area contributed by atoms with Crippen LogP contribution in [-0.2, 0) is 10.0 Å². The minimum atomic E-state index is -3.60. The van der Waals surface area contributed by atoms with E-state index in [4.69, 9.17) is 17.3 Å². The fourth-order valence-electron chi connectivity index (χ4n) is 1.99. The number of β-amino-alcohol motifs (C(OH)–C–C–N with tert-alkyl or cyclic N) is 1. The molecule has 18 heavy (non-hydrogen) atoms. The highest BCUT2D eigenvalue weighted by Crippen LogP contribution is 2.29. The van der Waals surface area contributed by atoms with Crippen LogP contribution in [0.2, 0.25) is 5.02 Å². The van der Waals surface area contributed by atoms with Gasteiger partial charge in [0.15, 0.2) is 0 Å². The van der Waals surface area contributed by atoms with Gasteiger partial charge >= 0.3 is 0 Å². The van der Waals surface area contributed by atoms with Crippen LogP contribution in [0.1, 0.15) is 12.0 Å². The Morgan fingerprint density at radius 2 is 2.17 bits per heavy atom. The van der Waals surface area contributed by atoms with Gasteiger partial charge in [-0.05, 0) is 31.0 Å². The molecule has 0 aromatic heterocycles. The molecule has 1 aliphatic rings. The molecule has 1 atom stereocenters. The van der Waals surface area contributed by atoms with Crippen LogP contribution in [-0.4, -0.2) is 37.0 Å². The lowest BCUT2D eigenvalue weighted by Crippen LogP contribution is -2.29. The molecule has 1 heterocycles. The molecule has 1 fully saturated rings. The smallest absolute Gasteiger partial charge is 0.243 e. The predicted octanol–water partition coefficient (Wildman–Crippen LogP) is 0.986. The summed E-state index contributed by atoms with van der Waals surface area (Å²) in [6.07, 6.45) is -0.133. The van der Waals surface area contributed by atoms with Crippen LogP contribution in [0.15, 0.2) is 17.0 Å². The van der Waals surface area contributed by atoms with Crippen LogP contribution < -0.4 is 5.73 Å². The van der Waals surface area contributed by atoms with Crippen LogP contribution in [0.25, 0.3) is 0 Å². The predicted molar refractivity (Wildman–Crippen MR) is 70.0 cm³/mol. The minimum Gasteiger partial charge on any atom is -0.397 e. The van der Waals surface area contributed by atoms with Crippen LogP contribution in [0.5, 0.6) is 0 Å². The molecule has 0 saturated carbocycles. The Morgan fingerprint density at radius 1 is 1.50 bits per heavy atom. The highest BCUT2D eigenvalue weighted by Gasteiger charge is 2.32. The molecule has 0 radical (unpaired) electrons.